The zero-order valence-electron chi connectivity index (χ0n) is 17.2. The van der Waals surface area contributed by atoms with E-state index in [-0.39, 0.29) is 17.5 Å². The molecule has 3 rings (SSSR count). The van der Waals surface area contributed by atoms with Crippen molar-refractivity contribution in [3.8, 4) is 5.75 Å². The summed E-state index contributed by atoms with van der Waals surface area (Å²) in [6.07, 6.45) is 1.78. The van der Waals surface area contributed by atoms with Gasteiger partial charge in [0, 0.05) is 31.5 Å². The molecular weight excluding hydrogens is 359 g/mol. The number of alkyl carbamates (subject to hydrolysis) is 1. The fourth-order valence-electron chi connectivity index (χ4n) is 2.68. The first-order valence-electron chi connectivity index (χ1n) is 9.35. The van der Waals surface area contributed by atoms with Gasteiger partial charge in [0.15, 0.2) is 0 Å². The largest absolute Gasteiger partial charge is 0.493 e. The van der Waals surface area contributed by atoms with E-state index < -0.39 is 0 Å². The quantitative estimate of drug-likeness (QED) is 0.781. The lowest BCUT2D eigenvalue weighted by atomic mass is 10.1. The summed E-state index contributed by atoms with van der Waals surface area (Å²) in [7, 11) is 3.51. The average Bonchev–Trinajstić information content (AvgIpc) is 2.67. The second-order valence-electron chi connectivity index (χ2n) is 7.53. The van der Waals surface area contributed by atoms with Crippen molar-refractivity contribution in [1.29, 1.82) is 0 Å². The molecule has 0 bridgehead atoms. The third kappa shape index (κ3) is 6.44. The van der Waals surface area contributed by atoms with Crippen LogP contribution < -0.4 is 15.0 Å². The van der Waals surface area contributed by atoms with E-state index in [9.17, 15) is 9.18 Å². The molecule has 1 amide bonds. The van der Waals surface area contributed by atoms with E-state index in [1.807, 2.05) is 32.7 Å². The molecule has 0 saturated heterocycles. The number of aryl methyl sites for hydroxylation is 1. The van der Waals surface area contributed by atoms with Gasteiger partial charge in [0.25, 0.3) is 0 Å². The first-order chi connectivity index (χ1) is 13.2. The van der Waals surface area contributed by atoms with E-state index in [2.05, 4.69) is 23.5 Å². The zero-order valence-corrected chi connectivity index (χ0v) is 17.2. The Labute approximate surface area is 166 Å². The summed E-state index contributed by atoms with van der Waals surface area (Å²) < 4.78 is 23.5. The van der Waals surface area contributed by atoms with Crippen LogP contribution in [0.4, 0.5) is 20.6 Å². The number of carbonyl (C=O) groups excluding carboxylic acids is 1. The molecule has 5 nitrogen and oxygen atoms in total. The number of hydrogen-bond acceptors (Lipinski definition) is 4. The SMILES string of the molecule is CN(c1ccc(F)cc1)c1ccc2c(c1)OCCC2.CNC(=O)OC(C)(C)C. The second kappa shape index (κ2) is 9.44. The number of halogens is 1. The highest BCUT2D eigenvalue weighted by molar-refractivity contribution is 5.67. The highest BCUT2D eigenvalue weighted by Crippen LogP contribution is 2.32. The normalized spacial score (nSPS) is 12.6. The predicted octanol–water partition coefficient (Wildman–Crippen LogP) is 5.06. The van der Waals surface area contributed by atoms with Crippen LogP contribution in [0, 0.1) is 5.82 Å². The Morgan fingerprint density at radius 1 is 1.14 bits per heavy atom. The van der Waals surface area contributed by atoms with Crippen molar-refractivity contribution in [3.63, 3.8) is 0 Å². The molecule has 152 valence electrons. The molecule has 1 aliphatic heterocycles. The standard InChI is InChI=1S/C16H16FNO.C6H13NO2/c1-18(14-8-5-13(17)6-9-14)15-7-4-12-3-2-10-19-16(12)11-15;1-6(2,3)9-5(8)7-4/h4-9,11H,2-3,10H2,1H3;1-4H3,(H,7,8). The van der Waals surface area contributed by atoms with Crippen molar-refractivity contribution in [3.05, 3.63) is 53.8 Å². The Morgan fingerprint density at radius 3 is 2.36 bits per heavy atom. The lowest BCUT2D eigenvalue weighted by molar-refractivity contribution is 0.0541. The fraction of sp³-hybridized carbons (Fsp3) is 0.409. The minimum atomic E-state index is -0.389. The van der Waals surface area contributed by atoms with Crippen LogP contribution in [-0.4, -0.2) is 32.4 Å². The van der Waals surface area contributed by atoms with Crippen molar-refractivity contribution >= 4 is 17.5 Å². The van der Waals surface area contributed by atoms with Crippen LogP contribution >= 0.6 is 0 Å². The maximum atomic E-state index is 12.9. The minimum absolute atomic E-state index is 0.217. The lowest BCUT2D eigenvalue weighted by Gasteiger charge is -2.23. The summed E-state index contributed by atoms with van der Waals surface area (Å²) in [6.45, 7) is 6.25. The predicted molar refractivity (Wildman–Crippen MR) is 110 cm³/mol. The van der Waals surface area contributed by atoms with Crippen LogP contribution in [0.15, 0.2) is 42.5 Å². The number of hydrogen-bond donors (Lipinski definition) is 1. The van der Waals surface area contributed by atoms with Crippen LogP contribution in [0.3, 0.4) is 0 Å². The van der Waals surface area contributed by atoms with Crippen molar-refractivity contribution < 1.29 is 18.7 Å². The Bertz CT molecular complexity index is 785. The number of nitrogens with one attached hydrogen (secondary N) is 1. The number of anilines is 2. The molecule has 0 saturated carbocycles. The van der Waals surface area contributed by atoms with Gasteiger partial charge in [0.1, 0.15) is 17.2 Å². The van der Waals surface area contributed by atoms with Gasteiger partial charge < -0.3 is 19.7 Å². The van der Waals surface area contributed by atoms with Gasteiger partial charge >= 0.3 is 6.09 Å². The first-order valence-corrected chi connectivity index (χ1v) is 9.35. The summed E-state index contributed by atoms with van der Waals surface area (Å²) in [5.41, 5.74) is 2.88. The molecule has 6 heteroatoms. The summed E-state index contributed by atoms with van der Waals surface area (Å²) in [5.74, 6) is 0.753. The smallest absolute Gasteiger partial charge is 0.407 e. The molecule has 2 aromatic carbocycles. The maximum Gasteiger partial charge on any atom is 0.407 e. The molecule has 0 fully saturated rings. The van der Waals surface area contributed by atoms with E-state index in [0.29, 0.717) is 0 Å². The maximum absolute atomic E-state index is 12.9. The number of amides is 1. The highest BCUT2D eigenvalue weighted by Gasteiger charge is 2.14. The third-order valence-corrected chi connectivity index (χ3v) is 4.10. The number of rotatable bonds is 2. The molecule has 1 heterocycles. The van der Waals surface area contributed by atoms with Crippen molar-refractivity contribution in [2.75, 3.05) is 25.6 Å². The van der Waals surface area contributed by atoms with E-state index in [1.165, 1.54) is 24.7 Å². The van der Waals surface area contributed by atoms with Crippen molar-refractivity contribution in [2.24, 2.45) is 0 Å². The van der Waals surface area contributed by atoms with E-state index in [0.717, 1.165) is 36.6 Å². The molecule has 28 heavy (non-hydrogen) atoms. The molecule has 0 unspecified atom stereocenters. The monoisotopic (exact) mass is 388 g/mol. The Kier molecular flexibility index (Phi) is 7.26. The van der Waals surface area contributed by atoms with Gasteiger partial charge in [-0.3, -0.25) is 0 Å². The highest BCUT2D eigenvalue weighted by atomic mass is 19.1. The fourth-order valence-corrected chi connectivity index (χ4v) is 2.68. The summed E-state index contributed by atoms with van der Waals surface area (Å²) in [6, 6.07) is 12.7. The first kappa shape index (κ1) is 21.5. The molecule has 0 radical (unpaired) electrons. The molecule has 0 spiro atoms. The lowest BCUT2D eigenvalue weighted by Crippen LogP contribution is -2.30. The summed E-state index contributed by atoms with van der Waals surface area (Å²) in [4.78, 5) is 12.5. The van der Waals surface area contributed by atoms with Crippen molar-refractivity contribution in [1.82, 2.24) is 5.32 Å². The number of ether oxygens (including phenoxy) is 2. The van der Waals surface area contributed by atoms with E-state index >= 15 is 0 Å². The van der Waals surface area contributed by atoms with Crippen LogP contribution in [0.1, 0.15) is 32.8 Å². The zero-order chi connectivity index (χ0) is 20.7. The van der Waals surface area contributed by atoms with Crippen LogP contribution in [0.5, 0.6) is 5.75 Å². The van der Waals surface area contributed by atoms with E-state index in [1.54, 1.807) is 12.1 Å². The van der Waals surface area contributed by atoms with Gasteiger partial charge in [-0.25, -0.2) is 9.18 Å². The molecule has 2 aromatic rings. The third-order valence-electron chi connectivity index (χ3n) is 4.10. The van der Waals surface area contributed by atoms with Gasteiger partial charge in [0.05, 0.1) is 6.61 Å². The van der Waals surface area contributed by atoms with Gasteiger partial charge in [0.2, 0.25) is 0 Å². The Morgan fingerprint density at radius 2 is 1.79 bits per heavy atom. The number of nitrogens with zero attached hydrogens (tertiary/aromatic N) is 1. The topological polar surface area (TPSA) is 50.8 Å². The van der Waals surface area contributed by atoms with Crippen LogP contribution in [-0.2, 0) is 11.2 Å². The molecule has 0 atom stereocenters. The Balaban J connectivity index is 0.000000266. The second-order valence-corrected chi connectivity index (χ2v) is 7.53. The van der Waals surface area contributed by atoms with Crippen LogP contribution in [0.25, 0.3) is 0 Å². The van der Waals surface area contributed by atoms with Gasteiger partial charge in [-0.1, -0.05) is 6.07 Å². The molecule has 1 aliphatic rings. The summed E-state index contributed by atoms with van der Waals surface area (Å²) in [5, 5.41) is 2.36. The molecule has 0 aliphatic carbocycles. The van der Waals surface area contributed by atoms with Crippen LogP contribution in [0.2, 0.25) is 0 Å². The minimum Gasteiger partial charge on any atom is -0.493 e. The Hall–Kier alpha value is -2.76. The number of carbonyl (C=O) groups is 1. The number of benzene rings is 2. The van der Waals surface area contributed by atoms with Crippen molar-refractivity contribution in [2.45, 2.75) is 39.2 Å². The molecule has 0 aromatic heterocycles. The van der Waals surface area contributed by atoms with E-state index in [4.69, 9.17) is 9.47 Å². The molecular formula is C22H29FN2O3. The average molecular weight is 388 g/mol. The van der Waals surface area contributed by atoms with Gasteiger partial charge in [-0.2, -0.15) is 0 Å². The summed E-state index contributed by atoms with van der Waals surface area (Å²) >= 11 is 0. The number of fused-ring (bicyclic) bond motifs is 1. The molecule has 1 N–H and O–H groups in total. The van der Waals surface area contributed by atoms with Gasteiger partial charge in [-0.05, 0) is 69.5 Å². The van der Waals surface area contributed by atoms with Gasteiger partial charge in [-0.15, -0.1) is 0 Å².